The van der Waals surface area contributed by atoms with Crippen molar-refractivity contribution in [2.45, 2.75) is 18.7 Å². The molecule has 0 aliphatic carbocycles. The number of rotatable bonds is 3. The van der Waals surface area contributed by atoms with Gasteiger partial charge in [0, 0.05) is 22.0 Å². The summed E-state index contributed by atoms with van der Waals surface area (Å²) in [5.41, 5.74) is 4.38. The Balaban J connectivity index is 1.61. The summed E-state index contributed by atoms with van der Waals surface area (Å²) in [7, 11) is 1.67. The molecule has 3 aromatic carbocycles. The average molecular weight is 514 g/mol. The van der Waals surface area contributed by atoms with Crippen LogP contribution in [0.3, 0.4) is 0 Å². The first-order valence-electron chi connectivity index (χ1n) is 9.35. The van der Waals surface area contributed by atoms with E-state index >= 15 is 0 Å². The molecule has 2 heterocycles. The van der Waals surface area contributed by atoms with Crippen LogP contribution in [0.15, 0.2) is 80.8 Å². The number of halogens is 2. The van der Waals surface area contributed by atoms with Crippen molar-refractivity contribution in [1.82, 2.24) is 5.01 Å². The van der Waals surface area contributed by atoms with Crippen LogP contribution in [0.2, 0.25) is 0 Å². The SMILES string of the molecule is COc1ccc(C2Oc3c(Br)cc(Br)cc3C3CC(c4ccccc4)=NN32)cc1. The number of nitrogens with zero attached hydrogens (tertiary/aromatic N) is 2. The lowest BCUT2D eigenvalue weighted by atomic mass is 9.96. The predicted octanol–water partition coefficient (Wildman–Crippen LogP) is 6.46. The minimum absolute atomic E-state index is 0.106. The van der Waals surface area contributed by atoms with E-state index in [-0.39, 0.29) is 12.3 Å². The first-order valence-corrected chi connectivity index (χ1v) is 10.9. The molecule has 0 fully saturated rings. The van der Waals surface area contributed by atoms with Crippen molar-refractivity contribution in [3.8, 4) is 11.5 Å². The summed E-state index contributed by atoms with van der Waals surface area (Å²) in [6.07, 6.45) is 0.521. The molecule has 0 aromatic heterocycles. The zero-order valence-corrected chi connectivity index (χ0v) is 18.9. The number of methoxy groups -OCH3 is 1. The molecule has 0 saturated heterocycles. The van der Waals surface area contributed by atoms with Gasteiger partial charge in [-0.2, -0.15) is 5.10 Å². The Hall–Kier alpha value is -2.31. The van der Waals surface area contributed by atoms with Crippen LogP contribution in [0.5, 0.6) is 11.5 Å². The predicted molar refractivity (Wildman–Crippen MR) is 120 cm³/mol. The lowest BCUT2D eigenvalue weighted by Gasteiger charge is -2.38. The maximum atomic E-state index is 6.49. The monoisotopic (exact) mass is 512 g/mol. The molecule has 0 N–H and O–H groups in total. The smallest absolute Gasteiger partial charge is 0.213 e. The molecule has 0 spiro atoms. The first-order chi connectivity index (χ1) is 14.1. The van der Waals surface area contributed by atoms with Crippen LogP contribution in [-0.4, -0.2) is 17.8 Å². The molecule has 3 aromatic rings. The van der Waals surface area contributed by atoms with E-state index in [2.05, 4.69) is 55.1 Å². The molecule has 5 rings (SSSR count). The van der Waals surface area contributed by atoms with Gasteiger partial charge in [-0.05, 0) is 57.9 Å². The lowest BCUT2D eigenvalue weighted by molar-refractivity contribution is -0.0197. The van der Waals surface area contributed by atoms with Gasteiger partial charge >= 0.3 is 0 Å². The van der Waals surface area contributed by atoms with Gasteiger partial charge in [-0.15, -0.1) is 0 Å². The highest BCUT2D eigenvalue weighted by atomic mass is 79.9. The third-order valence-corrected chi connectivity index (χ3v) is 6.36. The van der Waals surface area contributed by atoms with E-state index in [4.69, 9.17) is 14.6 Å². The van der Waals surface area contributed by atoms with Crippen molar-refractivity contribution in [2.75, 3.05) is 7.11 Å². The largest absolute Gasteiger partial charge is 0.497 e. The zero-order chi connectivity index (χ0) is 20.0. The van der Waals surface area contributed by atoms with E-state index in [9.17, 15) is 0 Å². The molecule has 146 valence electrons. The Morgan fingerprint density at radius 3 is 2.52 bits per heavy atom. The summed E-state index contributed by atoms with van der Waals surface area (Å²) < 4.78 is 13.8. The van der Waals surface area contributed by atoms with Crippen LogP contribution in [0.25, 0.3) is 0 Å². The van der Waals surface area contributed by atoms with Crippen molar-refractivity contribution in [3.63, 3.8) is 0 Å². The highest BCUT2D eigenvalue weighted by Crippen LogP contribution is 2.50. The van der Waals surface area contributed by atoms with Crippen molar-refractivity contribution in [1.29, 1.82) is 0 Å². The molecular formula is C23H18Br2N2O2. The van der Waals surface area contributed by atoms with Gasteiger partial charge in [0.25, 0.3) is 0 Å². The number of benzene rings is 3. The second kappa shape index (κ2) is 7.50. The molecule has 2 aliphatic rings. The highest BCUT2D eigenvalue weighted by molar-refractivity contribution is 9.11. The van der Waals surface area contributed by atoms with E-state index in [1.807, 2.05) is 48.5 Å². The van der Waals surface area contributed by atoms with E-state index in [1.54, 1.807) is 7.11 Å². The molecule has 2 unspecified atom stereocenters. The normalized spacial score (nSPS) is 19.8. The summed E-state index contributed by atoms with van der Waals surface area (Å²) >= 11 is 7.30. The molecule has 2 atom stereocenters. The number of fused-ring (bicyclic) bond motifs is 3. The highest BCUT2D eigenvalue weighted by Gasteiger charge is 2.41. The summed E-state index contributed by atoms with van der Waals surface area (Å²) in [6.45, 7) is 0. The molecule has 2 aliphatic heterocycles. The second-order valence-corrected chi connectivity index (χ2v) is 8.83. The Bertz CT molecular complexity index is 1080. The van der Waals surface area contributed by atoms with Crippen LogP contribution in [0, 0.1) is 0 Å². The summed E-state index contributed by atoms with van der Waals surface area (Å²) in [6, 6.07) is 22.6. The molecule has 0 amide bonds. The van der Waals surface area contributed by atoms with Crippen molar-refractivity contribution >= 4 is 37.6 Å². The van der Waals surface area contributed by atoms with Crippen LogP contribution < -0.4 is 9.47 Å². The quantitative estimate of drug-likeness (QED) is 0.403. The van der Waals surface area contributed by atoms with Crippen LogP contribution in [0.1, 0.15) is 35.4 Å². The van der Waals surface area contributed by atoms with Crippen molar-refractivity contribution in [3.05, 3.63) is 92.4 Å². The van der Waals surface area contributed by atoms with Crippen LogP contribution in [0.4, 0.5) is 0 Å². The van der Waals surface area contributed by atoms with Gasteiger partial charge in [-0.3, -0.25) is 0 Å². The zero-order valence-electron chi connectivity index (χ0n) is 15.7. The minimum atomic E-state index is -0.308. The van der Waals surface area contributed by atoms with Gasteiger partial charge in [0.05, 0.1) is 23.3 Å². The van der Waals surface area contributed by atoms with Crippen molar-refractivity contribution in [2.24, 2.45) is 5.10 Å². The molecule has 0 bridgehead atoms. The topological polar surface area (TPSA) is 34.1 Å². The number of hydrazone groups is 1. The van der Waals surface area contributed by atoms with Gasteiger partial charge in [0.2, 0.25) is 6.23 Å². The molecule has 0 saturated carbocycles. The average Bonchev–Trinajstić information content (AvgIpc) is 3.20. The van der Waals surface area contributed by atoms with Gasteiger partial charge in [0.1, 0.15) is 11.5 Å². The third kappa shape index (κ3) is 3.34. The number of hydrogen-bond acceptors (Lipinski definition) is 4. The maximum absolute atomic E-state index is 6.49. The van der Waals surface area contributed by atoms with E-state index in [0.717, 1.165) is 49.3 Å². The second-order valence-electron chi connectivity index (χ2n) is 7.06. The van der Waals surface area contributed by atoms with Gasteiger partial charge in [0.15, 0.2) is 0 Å². The molecule has 4 nitrogen and oxygen atoms in total. The van der Waals surface area contributed by atoms with E-state index in [0.29, 0.717) is 0 Å². The van der Waals surface area contributed by atoms with Crippen LogP contribution in [-0.2, 0) is 0 Å². The fourth-order valence-corrected chi connectivity index (χ4v) is 5.26. The summed E-state index contributed by atoms with van der Waals surface area (Å²) in [4.78, 5) is 0. The Labute approximate surface area is 186 Å². The summed E-state index contributed by atoms with van der Waals surface area (Å²) in [5, 5.41) is 7.09. The fraction of sp³-hybridized carbons (Fsp3) is 0.174. The molecular weight excluding hydrogens is 496 g/mol. The Kier molecular flexibility index (Phi) is 4.84. The molecule has 0 radical (unpaired) electrons. The maximum Gasteiger partial charge on any atom is 0.213 e. The van der Waals surface area contributed by atoms with E-state index in [1.165, 1.54) is 0 Å². The first kappa shape index (κ1) is 18.7. The molecule has 29 heavy (non-hydrogen) atoms. The third-order valence-electron chi connectivity index (χ3n) is 5.32. The number of ether oxygens (including phenoxy) is 2. The van der Waals surface area contributed by atoms with Gasteiger partial charge < -0.3 is 9.47 Å². The number of hydrogen-bond donors (Lipinski definition) is 0. The lowest BCUT2D eigenvalue weighted by Crippen LogP contribution is -2.33. The Morgan fingerprint density at radius 1 is 1.03 bits per heavy atom. The van der Waals surface area contributed by atoms with Crippen LogP contribution >= 0.6 is 31.9 Å². The van der Waals surface area contributed by atoms with Gasteiger partial charge in [-0.1, -0.05) is 46.3 Å². The van der Waals surface area contributed by atoms with Crippen molar-refractivity contribution < 1.29 is 9.47 Å². The van der Waals surface area contributed by atoms with Gasteiger partial charge in [-0.25, -0.2) is 5.01 Å². The summed E-state index contributed by atoms with van der Waals surface area (Å²) in [5.74, 6) is 1.70. The minimum Gasteiger partial charge on any atom is -0.497 e. The fourth-order valence-electron chi connectivity index (χ4n) is 3.91. The molecule has 6 heteroatoms. The Morgan fingerprint density at radius 2 is 1.79 bits per heavy atom. The van der Waals surface area contributed by atoms with E-state index < -0.39 is 0 Å². The standard InChI is InChI=1S/C23H18Br2N2O2/c1-28-17-9-7-15(8-10-17)23-27-21(13-20(26-27)14-5-3-2-4-6-14)18-11-16(24)12-19(25)22(18)29-23/h2-12,21,23H,13H2,1H3.